The van der Waals surface area contributed by atoms with Crippen LogP contribution in [0.5, 0.6) is 5.75 Å². The highest BCUT2D eigenvalue weighted by atomic mass is 16.6. The normalized spacial score (nSPS) is 10.7. The van der Waals surface area contributed by atoms with Crippen molar-refractivity contribution in [3.63, 3.8) is 0 Å². The number of fused-ring (bicyclic) bond motifs is 1. The molecule has 0 saturated heterocycles. The SMILES string of the molecule is Cc1ccc([N+](=O)[O-])c(OCCC(=O)NCc2nnc3ccccn23)c1. The van der Waals surface area contributed by atoms with E-state index in [1.54, 1.807) is 16.5 Å². The molecule has 1 amide bonds. The minimum atomic E-state index is -0.509. The predicted molar refractivity (Wildman–Crippen MR) is 92.8 cm³/mol. The van der Waals surface area contributed by atoms with E-state index in [1.165, 1.54) is 6.07 Å². The number of hydrogen-bond donors (Lipinski definition) is 1. The van der Waals surface area contributed by atoms with E-state index in [1.807, 2.05) is 31.3 Å². The Balaban J connectivity index is 1.52. The van der Waals surface area contributed by atoms with Crippen LogP contribution in [-0.2, 0) is 11.3 Å². The Morgan fingerprint density at radius 3 is 2.96 bits per heavy atom. The second-order valence-corrected chi connectivity index (χ2v) is 5.65. The van der Waals surface area contributed by atoms with Gasteiger partial charge in [-0.05, 0) is 30.7 Å². The maximum atomic E-state index is 12.0. The van der Waals surface area contributed by atoms with E-state index in [9.17, 15) is 14.9 Å². The molecule has 1 N–H and O–H groups in total. The number of amides is 1. The first kappa shape index (κ1) is 17.3. The second-order valence-electron chi connectivity index (χ2n) is 5.65. The monoisotopic (exact) mass is 355 g/mol. The molecule has 134 valence electrons. The number of nitrogens with zero attached hydrogens (tertiary/aromatic N) is 4. The molecule has 3 rings (SSSR count). The Morgan fingerprint density at radius 2 is 2.15 bits per heavy atom. The average molecular weight is 355 g/mol. The third-order valence-corrected chi connectivity index (χ3v) is 3.73. The molecule has 0 saturated carbocycles. The van der Waals surface area contributed by atoms with Crippen molar-refractivity contribution in [1.82, 2.24) is 19.9 Å². The van der Waals surface area contributed by atoms with Crippen LogP contribution in [0.1, 0.15) is 17.8 Å². The third-order valence-electron chi connectivity index (χ3n) is 3.73. The van der Waals surface area contributed by atoms with Crippen LogP contribution < -0.4 is 10.1 Å². The topological polar surface area (TPSA) is 112 Å². The number of nitro groups is 1. The van der Waals surface area contributed by atoms with Crippen molar-refractivity contribution in [3.05, 3.63) is 64.1 Å². The lowest BCUT2D eigenvalue weighted by molar-refractivity contribution is -0.385. The zero-order chi connectivity index (χ0) is 18.5. The van der Waals surface area contributed by atoms with E-state index in [0.717, 1.165) is 5.56 Å². The summed E-state index contributed by atoms with van der Waals surface area (Å²) < 4.78 is 7.21. The molecule has 0 fully saturated rings. The van der Waals surface area contributed by atoms with Gasteiger partial charge in [-0.15, -0.1) is 10.2 Å². The van der Waals surface area contributed by atoms with Gasteiger partial charge in [0.2, 0.25) is 5.91 Å². The first-order valence-electron chi connectivity index (χ1n) is 7.98. The van der Waals surface area contributed by atoms with Crippen molar-refractivity contribution in [1.29, 1.82) is 0 Å². The predicted octanol–water partition coefficient (Wildman–Crippen LogP) is 2.03. The number of nitrogens with one attached hydrogen (secondary N) is 1. The van der Waals surface area contributed by atoms with Crippen LogP contribution in [0.15, 0.2) is 42.6 Å². The summed E-state index contributed by atoms with van der Waals surface area (Å²) in [5.74, 6) is 0.531. The molecule has 0 aliphatic heterocycles. The van der Waals surface area contributed by atoms with E-state index in [0.29, 0.717) is 11.5 Å². The van der Waals surface area contributed by atoms with Gasteiger partial charge in [0.1, 0.15) is 0 Å². The summed E-state index contributed by atoms with van der Waals surface area (Å²) in [5, 5.41) is 21.8. The fourth-order valence-corrected chi connectivity index (χ4v) is 2.42. The molecule has 0 bridgehead atoms. The van der Waals surface area contributed by atoms with E-state index in [-0.39, 0.29) is 36.9 Å². The van der Waals surface area contributed by atoms with E-state index in [4.69, 9.17) is 4.74 Å². The van der Waals surface area contributed by atoms with Crippen molar-refractivity contribution in [2.45, 2.75) is 19.9 Å². The molecule has 0 aliphatic carbocycles. The molecule has 0 atom stereocenters. The van der Waals surface area contributed by atoms with Gasteiger partial charge in [0.25, 0.3) is 0 Å². The number of ether oxygens (including phenoxy) is 1. The number of carbonyl (C=O) groups is 1. The lowest BCUT2D eigenvalue weighted by Gasteiger charge is -2.08. The van der Waals surface area contributed by atoms with Crippen molar-refractivity contribution in [2.24, 2.45) is 0 Å². The zero-order valence-corrected chi connectivity index (χ0v) is 14.1. The van der Waals surface area contributed by atoms with Crippen molar-refractivity contribution in [3.8, 4) is 5.75 Å². The quantitative estimate of drug-likeness (QED) is 0.513. The number of benzene rings is 1. The van der Waals surface area contributed by atoms with Crippen LogP contribution >= 0.6 is 0 Å². The Labute approximate surface area is 148 Å². The van der Waals surface area contributed by atoms with Gasteiger partial charge in [-0.25, -0.2) is 0 Å². The molecule has 0 spiro atoms. The van der Waals surface area contributed by atoms with Crippen LogP contribution in [0.4, 0.5) is 5.69 Å². The van der Waals surface area contributed by atoms with Crippen molar-refractivity contribution < 1.29 is 14.5 Å². The molecule has 1 aromatic carbocycles. The lowest BCUT2D eigenvalue weighted by Crippen LogP contribution is -2.25. The minimum Gasteiger partial charge on any atom is -0.486 e. The highest BCUT2D eigenvalue weighted by Gasteiger charge is 2.15. The molecular formula is C17H17N5O4. The Kier molecular flexibility index (Phi) is 5.07. The summed E-state index contributed by atoms with van der Waals surface area (Å²) in [6.07, 6.45) is 1.89. The maximum absolute atomic E-state index is 12.0. The highest BCUT2D eigenvalue weighted by Crippen LogP contribution is 2.27. The molecular weight excluding hydrogens is 338 g/mol. The summed E-state index contributed by atoms with van der Waals surface area (Å²) in [4.78, 5) is 22.5. The van der Waals surface area contributed by atoms with Crippen LogP contribution in [0, 0.1) is 17.0 Å². The number of aryl methyl sites for hydroxylation is 1. The van der Waals surface area contributed by atoms with Crippen LogP contribution in [0.3, 0.4) is 0 Å². The largest absolute Gasteiger partial charge is 0.486 e. The number of aromatic nitrogens is 3. The Morgan fingerprint density at radius 1 is 1.31 bits per heavy atom. The number of rotatable bonds is 7. The fourth-order valence-electron chi connectivity index (χ4n) is 2.42. The Hall–Kier alpha value is -3.49. The number of pyridine rings is 1. The molecule has 9 nitrogen and oxygen atoms in total. The van der Waals surface area contributed by atoms with Crippen LogP contribution in [0.25, 0.3) is 5.65 Å². The van der Waals surface area contributed by atoms with Gasteiger partial charge >= 0.3 is 5.69 Å². The van der Waals surface area contributed by atoms with E-state index in [2.05, 4.69) is 15.5 Å². The van der Waals surface area contributed by atoms with Gasteiger partial charge in [0, 0.05) is 12.3 Å². The summed E-state index contributed by atoms with van der Waals surface area (Å²) in [5.41, 5.74) is 1.42. The van der Waals surface area contributed by atoms with E-state index >= 15 is 0 Å². The van der Waals surface area contributed by atoms with Gasteiger partial charge in [0.15, 0.2) is 17.2 Å². The van der Waals surface area contributed by atoms with Gasteiger partial charge < -0.3 is 10.1 Å². The molecule has 3 aromatic rings. The zero-order valence-electron chi connectivity index (χ0n) is 14.1. The summed E-state index contributed by atoms with van der Waals surface area (Å²) in [6.45, 7) is 2.08. The van der Waals surface area contributed by atoms with Crippen molar-refractivity contribution >= 4 is 17.2 Å². The average Bonchev–Trinajstić information content (AvgIpc) is 3.03. The number of hydrogen-bond acceptors (Lipinski definition) is 6. The smallest absolute Gasteiger partial charge is 0.310 e. The lowest BCUT2D eigenvalue weighted by atomic mass is 10.2. The standard InChI is InChI=1S/C17H17N5O4/c1-12-5-6-13(22(24)25)14(10-12)26-9-7-17(23)18-11-16-20-19-15-4-2-3-8-21(15)16/h2-6,8,10H,7,9,11H2,1H3,(H,18,23). The Bertz CT molecular complexity index is 953. The molecule has 9 heteroatoms. The third kappa shape index (κ3) is 3.94. The molecule has 2 aromatic heterocycles. The van der Waals surface area contributed by atoms with E-state index < -0.39 is 4.92 Å². The van der Waals surface area contributed by atoms with Crippen molar-refractivity contribution in [2.75, 3.05) is 6.61 Å². The first-order valence-corrected chi connectivity index (χ1v) is 7.98. The fraction of sp³-hybridized carbons (Fsp3) is 0.235. The molecule has 0 aliphatic rings. The summed E-state index contributed by atoms with van der Waals surface area (Å²) >= 11 is 0. The van der Waals surface area contributed by atoms with Crippen LogP contribution in [-0.4, -0.2) is 32.0 Å². The number of nitro benzene ring substituents is 1. The summed E-state index contributed by atoms with van der Waals surface area (Å²) in [6, 6.07) is 10.1. The molecule has 2 heterocycles. The molecule has 0 unspecified atom stereocenters. The molecule has 26 heavy (non-hydrogen) atoms. The van der Waals surface area contributed by atoms with Gasteiger partial charge in [-0.1, -0.05) is 12.1 Å². The first-order chi connectivity index (χ1) is 12.5. The minimum absolute atomic E-state index is 0.0384. The maximum Gasteiger partial charge on any atom is 0.310 e. The second kappa shape index (κ2) is 7.60. The van der Waals surface area contributed by atoms with Gasteiger partial charge in [-0.3, -0.25) is 19.3 Å². The van der Waals surface area contributed by atoms with Gasteiger partial charge in [-0.2, -0.15) is 0 Å². The highest BCUT2D eigenvalue weighted by molar-refractivity contribution is 5.75. The molecule has 0 radical (unpaired) electrons. The number of carbonyl (C=O) groups excluding carboxylic acids is 1. The van der Waals surface area contributed by atoms with Crippen LogP contribution in [0.2, 0.25) is 0 Å². The summed E-state index contributed by atoms with van der Waals surface area (Å²) in [7, 11) is 0. The van der Waals surface area contributed by atoms with Gasteiger partial charge in [0.05, 0.1) is 24.5 Å².